The third-order valence-corrected chi connectivity index (χ3v) is 2.09. The molecule has 0 saturated carbocycles. The highest BCUT2D eigenvalue weighted by molar-refractivity contribution is 5.45. The van der Waals surface area contributed by atoms with Crippen molar-refractivity contribution in [1.29, 1.82) is 5.26 Å². The van der Waals surface area contributed by atoms with Gasteiger partial charge in [0.1, 0.15) is 11.8 Å². The van der Waals surface area contributed by atoms with Gasteiger partial charge in [-0.15, -0.1) is 0 Å². The molecular formula is C13H16N2O. The summed E-state index contributed by atoms with van der Waals surface area (Å²) in [5.41, 5.74) is 1.66. The number of hydrogen-bond donors (Lipinski definition) is 0. The molecule has 0 N–H and O–H groups in total. The Morgan fingerprint density at radius 2 is 2.25 bits per heavy atom. The Labute approximate surface area is 96.4 Å². The second kappa shape index (κ2) is 5.92. The average molecular weight is 216 g/mol. The maximum atomic E-state index is 9.02. The van der Waals surface area contributed by atoms with Crippen molar-refractivity contribution in [3.8, 4) is 11.8 Å². The average Bonchev–Trinajstić information content (AvgIpc) is 2.27. The topological polar surface area (TPSA) is 45.4 Å². The van der Waals surface area contributed by atoms with Crippen molar-refractivity contribution in [2.45, 2.75) is 26.4 Å². The molecule has 0 atom stereocenters. The highest BCUT2D eigenvalue weighted by Crippen LogP contribution is 2.20. The van der Waals surface area contributed by atoms with Gasteiger partial charge >= 0.3 is 0 Å². The van der Waals surface area contributed by atoms with Gasteiger partial charge in [0.2, 0.25) is 0 Å². The number of nitrogens with zero attached hydrogens (tertiary/aromatic N) is 2. The van der Waals surface area contributed by atoms with Crippen LogP contribution in [-0.4, -0.2) is 19.4 Å². The van der Waals surface area contributed by atoms with Crippen LogP contribution in [0, 0.1) is 11.3 Å². The van der Waals surface area contributed by atoms with E-state index in [1.807, 2.05) is 32.0 Å². The lowest BCUT2D eigenvalue weighted by Gasteiger charge is -2.11. The normalized spacial score (nSPS) is 9.88. The van der Waals surface area contributed by atoms with Gasteiger partial charge in [0.05, 0.1) is 11.7 Å². The molecular weight excluding hydrogens is 200 g/mol. The summed E-state index contributed by atoms with van der Waals surface area (Å²) in [5.74, 6) is 0.646. The summed E-state index contributed by atoms with van der Waals surface area (Å²) in [4.78, 5) is 3.79. The Kier molecular flexibility index (Phi) is 4.53. The zero-order valence-corrected chi connectivity index (χ0v) is 9.73. The van der Waals surface area contributed by atoms with Gasteiger partial charge < -0.3 is 9.73 Å². The Bertz CT molecular complexity index is 405. The molecule has 0 aliphatic carbocycles. The lowest BCUT2D eigenvalue weighted by molar-refractivity contribution is 0.241. The van der Waals surface area contributed by atoms with Gasteiger partial charge in [-0.05, 0) is 44.7 Å². The molecule has 16 heavy (non-hydrogen) atoms. The molecule has 1 aromatic carbocycles. The molecule has 0 aliphatic rings. The molecule has 84 valence electrons. The first kappa shape index (κ1) is 12.3. The van der Waals surface area contributed by atoms with Gasteiger partial charge in [0, 0.05) is 6.54 Å². The zero-order valence-electron chi connectivity index (χ0n) is 9.73. The van der Waals surface area contributed by atoms with Crippen LogP contribution in [0.4, 0.5) is 0 Å². The highest BCUT2D eigenvalue weighted by atomic mass is 16.5. The molecule has 0 unspecified atom stereocenters. The first-order chi connectivity index (χ1) is 7.67. The number of rotatable bonds is 5. The minimum Gasteiger partial charge on any atom is -0.490 e. The summed E-state index contributed by atoms with van der Waals surface area (Å²) in [6.45, 7) is 7.99. The van der Waals surface area contributed by atoms with E-state index in [4.69, 9.17) is 10.00 Å². The molecule has 3 heteroatoms. The van der Waals surface area contributed by atoms with Crippen LogP contribution in [0.15, 0.2) is 23.2 Å². The van der Waals surface area contributed by atoms with E-state index in [-0.39, 0.29) is 6.10 Å². The van der Waals surface area contributed by atoms with Crippen molar-refractivity contribution in [2.75, 3.05) is 6.54 Å². The molecule has 0 amide bonds. The van der Waals surface area contributed by atoms with E-state index >= 15 is 0 Å². The highest BCUT2D eigenvalue weighted by Gasteiger charge is 2.06. The van der Waals surface area contributed by atoms with Gasteiger partial charge in [-0.2, -0.15) is 5.26 Å². The maximum absolute atomic E-state index is 9.02. The van der Waals surface area contributed by atoms with E-state index in [1.54, 1.807) is 0 Å². The molecule has 0 spiro atoms. The second-order valence-electron chi connectivity index (χ2n) is 3.81. The Morgan fingerprint density at radius 3 is 2.81 bits per heavy atom. The Balaban J connectivity index is 2.89. The number of ether oxygens (including phenoxy) is 1. The largest absolute Gasteiger partial charge is 0.490 e. The van der Waals surface area contributed by atoms with Gasteiger partial charge in [-0.1, -0.05) is 6.07 Å². The van der Waals surface area contributed by atoms with Crippen LogP contribution in [0.25, 0.3) is 0 Å². The fourth-order valence-corrected chi connectivity index (χ4v) is 1.38. The molecule has 0 saturated heterocycles. The van der Waals surface area contributed by atoms with Crippen LogP contribution in [0.2, 0.25) is 0 Å². The Hall–Kier alpha value is -1.82. The van der Waals surface area contributed by atoms with E-state index in [1.165, 1.54) is 0 Å². The van der Waals surface area contributed by atoms with Crippen molar-refractivity contribution < 1.29 is 4.74 Å². The van der Waals surface area contributed by atoms with Gasteiger partial charge in [0.15, 0.2) is 0 Å². The fraction of sp³-hybridized carbons (Fsp3) is 0.385. The van der Waals surface area contributed by atoms with Crippen LogP contribution in [0.5, 0.6) is 5.75 Å². The van der Waals surface area contributed by atoms with E-state index < -0.39 is 0 Å². The minimum absolute atomic E-state index is 0.0767. The monoisotopic (exact) mass is 216 g/mol. The number of hydrogen-bond acceptors (Lipinski definition) is 3. The molecule has 0 aliphatic heterocycles. The fourth-order valence-electron chi connectivity index (χ4n) is 1.38. The number of nitriles is 1. The molecule has 1 rings (SSSR count). The van der Waals surface area contributed by atoms with E-state index in [2.05, 4.69) is 17.8 Å². The van der Waals surface area contributed by atoms with Crippen molar-refractivity contribution >= 4 is 6.72 Å². The Morgan fingerprint density at radius 1 is 1.50 bits per heavy atom. The van der Waals surface area contributed by atoms with Gasteiger partial charge in [-0.25, -0.2) is 0 Å². The summed E-state index contributed by atoms with van der Waals surface area (Å²) >= 11 is 0. The lowest BCUT2D eigenvalue weighted by Crippen LogP contribution is -2.07. The molecule has 0 bridgehead atoms. The quantitative estimate of drug-likeness (QED) is 0.710. The molecule has 0 radical (unpaired) electrons. The number of benzene rings is 1. The van der Waals surface area contributed by atoms with Crippen LogP contribution in [0.3, 0.4) is 0 Å². The van der Waals surface area contributed by atoms with Crippen molar-refractivity contribution in [3.63, 3.8) is 0 Å². The first-order valence-electron chi connectivity index (χ1n) is 5.29. The third-order valence-electron chi connectivity index (χ3n) is 2.09. The molecule has 0 heterocycles. The van der Waals surface area contributed by atoms with Crippen LogP contribution >= 0.6 is 0 Å². The summed E-state index contributed by atoms with van der Waals surface area (Å²) in [5, 5.41) is 9.02. The maximum Gasteiger partial charge on any atom is 0.137 e. The van der Waals surface area contributed by atoms with Gasteiger partial charge in [0.25, 0.3) is 0 Å². The van der Waals surface area contributed by atoms with Crippen molar-refractivity contribution in [2.24, 2.45) is 4.99 Å². The second-order valence-corrected chi connectivity index (χ2v) is 3.81. The van der Waals surface area contributed by atoms with E-state index in [0.717, 1.165) is 12.0 Å². The third kappa shape index (κ3) is 3.39. The van der Waals surface area contributed by atoms with E-state index in [9.17, 15) is 0 Å². The van der Waals surface area contributed by atoms with Crippen LogP contribution in [0.1, 0.15) is 25.0 Å². The summed E-state index contributed by atoms with van der Waals surface area (Å²) in [7, 11) is 0. The molecule has 0 fully saturated rings. The SMILES string of the molecule is C=NCCc1ccc(OC(C)C)c(C#N)c1. The number of aliphatic imine (C=N–C) groups is 1. The predicted molar refractivity (Wildman–Crippen MR) is 65.0 cm³/mol. The summed E-state index contributed by atoms with van der Waals surface area (Å²) < 4.78 is 5.54. The first-order valence-corrected chi connectivity index (χ1v) is 5.29. The predicted octanol–water partition coefficient (Wildman–Crippen LogP) is 2.59. The standard InChI is InChI=1S/C13H16N2O/c1-10(2)16-13-5-4-11(6-7-15-3)8-12(13)9-14/h4-5,8,10H,3,6-7H2,1-2H3. The molecule has 1 aromatic rings. The van der Waals surface area contributed by atoms with Gasteiger partial charge in [-0.3, -0.25) is 0 Å². The zero-order chi connectivity index (χ0) is 12.0. The van der Waals surface area contributed by atoms with E-state index in [0.29, 0.717) is 17.9 Å². The van der Waals surface area contributed by atoms with Crippen molar-refractivity contribution in [3.05, 3.63) is 29.3 Å². The van der Waals surface area contributed by atoms with Crippen LogP contribution < -0.4 is 4.74 Å². The minimum atomic E-state index is 0.0767. The summed E-state index contributed by atoms with van der Waals surface area (Å²) in [6, 6.07) is 7.80. The summed E-state index contributed by atoms with van der Waals surface area (Å²) in [6.07, 6.45) is 0.882. The lowest BCUT2D eigenvalue weighted by atomic mass is 10.1. The smallest absolute Gasteiger partial charge is 0.137 e. The van der Waals surface area contributed by atoms with Crippen molar-refractivity contribution in [1.82, 2.24) is 0 Å². The molecule has 3 nitrogen and oxygen atoms in total. The molecule has 0 aromatic heterocycles. The van der Waals surface area contributed by atoms with Crippen LogP contribution in [-0.2, 0) is 6.42 Å².